The summed E-state index contributed by atoms with van der Waals surface area (Å²) in [4.78, 5) is 24.2. The molecule has 0 aliphatic carbocycles. The first-order chi connectivity index (χ1) is 14.6. The maximum absolute atomic E-state index is 13.6. The molecule has 0 spiro atoms. The van der Waals surface area contributed by atoms with E-state index in [1.165, 1.54) is 0 Å². The second-order valence-electron chi connectivity index (χ2n) is 8.09. The second-order valence-corrected chi connectivity index (χ2v) is 9.84. The summed E-state index contributed by atoms with van der Waals surface area (Å²) < 4.78 is 27.8. The standard InChI is InChI=1S/C21H26N6O3S/c1-13-8-9-17(25-31(4,29)30)16(11-13)21(28)26-10-6-5-7-19(26)18-12-20-23-14(2)22-15(3)27(20)24-18/h8-9,11-12,19,25H,5-7,10H2,1-4H3/t19-/m0/s1. The van der Waals surface area contributed by atoms with Gasteiger partial charge in [-0.2, -0.15) is 5.10 Å². The van der Waals surface area contributed by atoms with Crippen LogP contribution < -0.4 is 4.72 Å². The van der Waals surface area contributed by atoms with Gasteiger partial charge in [-0.1, -0.05) is 11.6 Å². The summed E-state index contributed by atoms with van der Waals surface area (Å²) >= 11 is 0. The lowest BCUT2D eigenvalue weighted by Gasteiger charge is -2.35. The van der Waals surface area contributed by atoms with Gasteiger partial charge in [-0.15, -0.1) is 0 Å². The molecule has 0 radical (unpaired) electrons. The zero-order chi connectivity index (χ0) is 22.3. The summed E-state index contributed by atoms with van der Waals surface area (Å²) in [6, 6.07) is 6.84. The van der Waals surface area contributed by atoms with Crippen molar-refractivity contribution >= 4 is 27.3 Å². The van der Waals surface area contributed by atoms with Gasteiger partial charge in [0.2, 0.25) is 10.0 Å². The Balaban J connectivity index is 1.74. The normalized spacial score (nSPS) is 17.2. The molecule has 0 bridgehead atoms. The van der Waals surface area contributed by atoms with Gasteiger partial charge < -0.3 is 4.90 Å². The highest BCUT2D eigenvalue weighted by molar-refractivity contribution is 7.92. The van der Waals surface area contributed by atoms with E-state index in [0.717, 1.165) is 42.6 Å². The number of aromatic nitrogens is 4. The van der Waals surface area contributed by atoms with Crippen molar-refractivity contribution in [3.05, 3.63) is 52.7 Å². The Morgan fingerprint density at radius 2 is 1.90 bits per heavy atom. The maximum atomic E-state index is 13.6. The monoisotopic (exact) mass is 442 g/mol. The summed E-state index contributed by atoms with van der Waals surface area (Å²) in [6.07, 6.45) is 3.72. The SMILES string of the molecule is Cc1ccc(NS(C)(=O)=O)c(C(=O)N2CCCC[C@H]2c2cc3nc(C)nc(C)n3n2)c1. The molecule has 1 atom stereocenters. The van der Waals surface area contributed by atoms with Gasteiger partial charge in [-0.3, -0.25) is 9.52 Å². The fourth-order valence-electron chi connectivity index (χ4n) is 4.10. The van der Waals surface area contributed by atoms with Crippen LogP contribution in [0, 0.1) is 20.8 Å². The van der Waals surface area contributed by atoms with Crippen LogP contribution in [0.25, 0.3) is 5.65 Å². The van der Waals surface area contributed by atoms with Crippen molar-refractivity contribution in [1.29, 1.82) is 0 Å². The van der Waals surface area contributed by atoms with Gasteiger partial charge in [0.05, 0.1) is 29.2 Å². The number of rotatable bonds is 4. The van der Waals surface area contributed by atoms with Crippen LogP contribution in [-0.2, 0) is 10.0 Å². The number of carbonyl (C=O) groups excluding carboxylic acids is 1. The highest BCUT2D eigenvalue weighted by Crippen LogP contribution is 2.33. The molecular formula is C21H26N6O3S. The molecular weight excluding hydrogens is 416 g/mol. The van der Waals surface area contributed by atoms with Gasteiger partial charge in [0.15, 0.2) is 5.65 Å². The van der Waals surface area contributed by atoms with Crippen LogP contribution in [0.3, 0.4) is 0 Å². The Morgan fingerprint density at radius 1 is 1.13 bits per heavy atom. The average molecular weight is 443 g/mol. The molecule has 1 aliphatic heterocycles. The lowest BCUT2D eigenvalue weighted by atomic mass is 9.97. The molecule has 9 nitrogen and oxygen atoms in total. The predicted octanol–water partition coefficient (Wildman–Crippen LogP) is 2.79. The minimum Gasteiger partial charge on any atom is -0.330 e. The number of likely N-dealkylation sites (tertiary alicyclic amines) is 1. The maximum Gasteiger partial charge on any atom is 0.256 e. The summed E-state index contributed by atoms with van der Waals surface area (Å²) in [6.45, 7) is 6.16. The molecule has 4 rings (SSSR count). The van der Waals surface area contributed by atoms with Crippen LogP contribution in [-0.4, -0.2) is 51.6 Å². The van der Waals surface area contributed by atoms with E-state index in [1.54, 1.807) is 27.6 Å². The number of nitrogens with one attached hydrogen (secondary N) is 1. The number of hydrogen-bond donors (Lipinski definition) is 1. The number of nitrogens with zero attached hydrogens (tertiary/aromatic N) is 5. The van der Waals surface area contributed by atoms with Gasteiger partial charge in [0.25, 0.3) is 5.91 Å². The van der Waals surface area contributed by atoms with Gasteiger partial charge in [0, 0.05) is 12.6 Å². The molecule has 1 saturated heterocycles. The van der Waals surface area contributed by atoms with Crippen molar-refractivity contribution < 1.29 is 13.2 Å². The van der Waals surface area contributed by atoms with Crippen LogP contribution in [0.15, 0.2) is 24.3 Å². The first-order valence-corrected chi connectivity index (χ1v) is 12.1. The van der Waals surface area contributed by atoms with Gasteiger partial charge in [0.1, 0.15) is 11.6 Å². The molecule has 1 aliphatic rings. The Bertz CT molecular complexity index is 1270. The van der Waals surface area contributed by atoms with Crippen LogP contribution in [0.4, 0.5) is 5.69 Å². The highest BCUT2D eigenvalue weighted by Gasteiger charge is 2.32. The molecule has 1 aromatic carbocycles. The first kappa shape index (κ1) is 21.2. The second kappa shape index (κ2) is 7.92. The van der Waals surface area contributed by atoms with E-state index in [4.69, 9.17) is 0 Å². The topological polar surface area (TPSA) is 110 Å². The third kappa shape index (κ3) is 4.39. The zero-order valence-corrected chi connectivity index (χ0v) is 18.9. The molecule has 3 heterocycles. The summed E-state index contributed by atoms with van der Waals surface area (Å²) in [5, 5.41) is 4.69. The molecule has 10 heteroatoms. The van der Waals surface area contributed by atoms with Gasteiger partial charge >= 0.3 is 0 Å². The molecule has 0 saturated carbocycles. The van der Waals surface area contributed by atoms with Crippen LogP contribution in [0.1, 0.15) is 58.6 Å². The van der Waals surface area contributed by atoms with Crippen molar-refractivity contribution in [3.63, 3.8) is 0 Å². The molecule has 164 valence electrons. The van der Waals surface area contributed by atoms with E-state index in [2.05, 4.69) is 19.8 Å². The summed E-state index contributed by atoms with van der Waals surface area (Å²) in [5.74, 6) is 1.20. The lowest BCUT2D eigenvalue weighted by molar-refractivity contribution is 0.0606. The van der Waals surface area contributed by atoms with Crippen molar-refractivity contribution in [2.24, 2.45) is 0 Å². The van der Waals surface area contributed by atoms with Gasteiger partial charge in [-0.25, -0.2) is 22.9 Å². The summed E-state index contributed by atoms with van der Waals surface area (Å²) in [7, 11) is -3.52. The lowest BCUT2D eigenvalue weighted by Crippen LogP contribution is -2.39. The van der Waals surface area contributed by atoms with E-state index in [1.807, 2.05) is 26.8 Å². The Kier molecular flexibility index (Phi) is 5.42. The molecule has 31 heavy (non-hydrogen) atoms. The van der Waals surface area contributed by atoms with Crippen molar-refractivity contribution in [1.82, 2.24) is 24.5 Å². The first-order valence-electron chi connectivity index (χ1n) is 10.2. The van der Waals surface area contributed by atoms with Gasteiger partial charge in [-0.05, 0) is 52.2 Å². The third-order valence-corrected chi connectivity index (χ3v) is 6.01. The number of anilines is 1. The fourth-order valence-corrected chi connectivity index (χ4v) is 4.68. The molecule has 3 aromatic rings. The van der Waals surface area contributed by atoms with E-state index in [0.29, 0.717) is 23.6 Å². The van der Waals surface area contributed by atoms with Crippen LogP contribution in [0.5, 0.6) is 0 Å². The number of carbonyl (C=O) groups is 1. The molecule has 1 N–H and O–H groups in total. The fraction of sp³-hybridized carbons (Fsp3) is 0.429. The minimum absolute atomic E-state index is 0.212. The summed E-state index contributed by atoms with van der Waals surface area (Å²) in [5.41, 5.74) is 2.97. The molecule has 1 amide bonds. The van der Waals surface area contributed by atoms with E-state index in [9.17, 15) is 13.2 Å². The number of aryl methyl sites for hydroxylation is 3. The number of amides is 1. The number of benzene rings is 1. The smallest absolute Gasteiger partial charge is 0.256 e. The molecule has 1 fully saturated rings. The van der Waals surface area contributed by atoms with Crippen LogP contribution in [0.2, 0.25) is 0 Å². The minimum atomic E-state index is -3.52. The van der Waals surface area contributed by atoms with Crippen molar-refractivity contribution in [2.75, 3.05) is 17.5 Å². The molecule has 0 unspecified atom stereocenters. The number of sulfonamides is 1. The number of piperidine rings is 1. The Morgan fingerprint density at radius 3 is 2.65 bits per heavy atom. The zero-order valence-electron chi connectivity index (χ0n) is 18.1. The van der Waals surface area contributed by atoms with E-state index in [-0.39, 0.29) is 17.6 Å². The number of fused-ring (bicyclic) bond motifs is 1. The third-order valence-electron chi connectivity index (χ3n) is 5.42. The Labute approximate surface area is 181 Å². The Hall–Kier alpha value is -3.01. The highest BCUT2D eigenvalue weighted by atomic mass is 32.2. The predicted molar refractivity (Wildman–Crippen MR) is 118 cm³/mol. The van der Waals surface area contributed by atoms with Crippen LogP contribution >= 0.6 is 0 Å². The van der Waals surface area contributed by atoms with Crippen molar-refractivity contribution in [2.45, 2.75) is 46.1 Å². The largest absolute Gasteiger partial charge is 0.330 e. The van der Waals surface area contributed by atoms with Crippen molar-refractivity contribution in [3.8, 4) is 0 Å². The van der Waals surface area contributed by atoms with E-state index >= 15 is 0 Å². The molecule has 2 aromatic heterocycles. The quantitative estimate of drug-likeness (QED) is 0.665. The average Bonchev–Trinajstić information content (AvgIpc) is 3.12. The van der Waals surface area contributed by atoms with E-state index < -0.39 is 10.0 Å². The number of hydrogen-bond acceptors (Lipinski definition) is 6.